The molecule has 0 saturated carbocycles. The Morgan fingerprint density at radius 3 is 1.44 bits per heavy atom. The van der Waals surface area contributed by atoms with Crippen LogP contribution in [0.5, 0.6) is 0 Å². The lowest BCUT2D eigenvalue weighted by atomic mass is 9.80. The third kappa shape index (κ3) is 15.2. The average Bonchev–Trinajstić information content (AvgIpc) is 3.82. The molecule has 5 N–H and O–H groups in total. The predicted molar refractivity (Wildman–Crippen MR) is 222 cm³/mol. The second-order valence-electron chi connectivity index (χ2n) is 17.7. The zero-order valence-corrected chi connectivity index (χ0v) is 41.6. The summed E-state index contributed by atoms with van der Waals surface area (Å²) in [5.74, 6) is -2.04. The average molecular weight is 1080 g/mol. The van der Waals surface area contributed by atoms with Gasteiger partial charge in [-0.15, -0.1) is 8.67 Å². The summed E-state index contributed by atoms with van der Waals surface area (Å²) >= 11 is 0.498. The first kappa shape index (κ1) is 60.4. The van der Waals surface area contributed by atoms with Crippen molar-refractivity contribution < 1.29 is 137 Å². The maximum absolute atomic E-state index is 11.3. The molecule has 70 heavy (non-hydrogen) atoms. The van der Waals surface area contributed by atoms with Crippen molar-refractivity contribution in [1.29, 1.82) is 0 Å². The molecule has 6 aliphatic heterocycles. The van der Waals surface area contributed by atoms with Crippen LogP contribution in [0, 0.1) is 23.7 Å². The van der Waals surface area contributed by atoms with E-state index in [1.54, 1.807) is 21.0 Å². The number of rotatable bonds is 28. The summed E-state index contributed by atoms with van der Waals surface area (Å²) in [6.07, 6.45) is -11.2. The Balaban J connectivity index is 0.000000262. The molecule has 0 aromatic rings. The third-order valence-electron chi connectivity index (χ3n) is 13.1. The van der Waals surface area contributed by atoms with Crippen LogP contribution in [0.1, 0.15) is 13.8 Å². The van der Waals surface area contributed by atoms with Crippen LogP contribution < -0.4 is 10.5 Å². The minimum absolute atomic E-state index is 0.00434. The lowest BCUT2D eigenvalue weighted by Gasteiger charge is -2.49. The Bertz CT molecular complexity index is 1620. The number of aliphatic hydroxyl groups excluding tert-OH is 5. The number of methoxy groups -OCH3 is 4. The molecule has 0 aliphatic carbocycles. The van der Waals surface area contributed by atoms with E-state index in [9.17, 15) is 49.0 Å². The van der Waals surface area contributed by atoms with Crippen molar-refractivity contribution in [2.45, 2.75) is 111 Å². The molecular formula is C38H65O29S3-3. The molecule has 8 unspecified atom stereocenters. The van der Waals surface area contributed by atoms with Crippen molar-refractivity contribution in [2.24, 2.45) is 23.7 Å². The molecule has 29 nitrogen and oxygen atoms in total. The highest BCUT2D eigenvalue weighted by Crippen LogP contribution is 2.42. The normalized spacial score (nSPS) is 41.6. The van der Waals surface area contributed by atoms with Gasteiger partial charge in [0.05, 0.1) is 116 Å². The van der Waals surface area contributed by atoms with Crippen molar-refractivity contribution in [3.05, 3.63) is 0 Å². The van der Waals surface area contributed by atoms with Gasteiger partial charge >= 0.3 is 0 Å². The smallest absolute Gasteiger partial charge is 0.218 e. The van der Waals surface area contributed by atoms with Crippen LogP contribution in [-0.2, 0) is 98.5 Å². The third-order valence-corrected chi connectivity index (χ3v) is 14.3. The van der Waals surface area contributed by atoms with E-state index in [-0.39, 0.29) is 96.1 Å². The summed E-state index contributed by atoms with van der Waals surface area (Å²) < 4.78 is 125. The molecule has 6 heterocycles. The van der Waals surface area contributed by atoms with Crippen LogP contribution >= 0.6 is 24.6 Å². The Morgan fingerprint density at radius 1 is 0.586 bits per heavy atom. The van der Waals surface area contributed by atoms with E-state index >= 15 is 0 Å². The summed E-state index contributed by atoms with van der Waals surface area (Å²) in [5, 5.41) is 79.1. The minimum atomic E-state index is -5.05. The van der Waals surface area contributed by atoms with Gasteiger partial charge in [0.15, 0.2) is 24.6 Å². The lowest BCUT2D eigenvalue weighted by Crippen LogP contribution is -2.64. The Hall–Kier alpha value is -0.430. The van der Waals surface area contributed by atoms with Crippen LogP contribution in [0.3, 0.4) is 0 Å². The summed E-state index contributed by atoms with van der Waals surface area (Å²) in [4.78, 5) is 0. The second kappa shape index (κ2) is 28.6. The van der Waals surface area contributed by atoms with E-state index in [0.29, 0.717) is 6.61 Å². The first-order valence-corrected chi connectivity index (χ1v) is 24.6. The molecule has 20 atom stereocenters. The molecule has 412 valence electrons. The number of ether oxygens (including phenoxy) is 12. The Kier molecular flexibility index (Phi) is 24.7. The van der Waals surface area contributed by atoms with E-state index in [2.05, 4.69) is 18.7 Å². The van der Waals surface area contributed by atoms with Gasteiger partial charge in [-0.05, 0) is 13.8 Å². The molecule has 6 rings (SSSR count). The van der Waals surface area contributed by atoms with Crippen molar-refractivity contribution >= 4 is 35.0 Å². The molecule has 6 aliphatic rings. The van der Waals surface area contributed by atoms with Crippen LogP contribution in [0.4, 0.5) is 0 Å². The van der Waals surface area contributed by atoms with Gasteiger partial charge in [-0.1, -0.05) is 0 Å². The number of hydrogen-bond acceptors (Lipinski definition) is 31. The van der Waals surface area contributed by atoms with Crippen molar-refractivity contribution in [3.63, 3.8) is 0 Å². The van der Waals surface area contributed by atoms with E-state index in [0.717, 1.165) is 0 Å². The summed E-state index contributed by atoms with van der Waals surface area (Å²) in [6.45, 7) is 3.09. The predicted octanol–water partition coefficient (Wildman–Crippen LogP) is -5.04. The summed E-state index contributed by atoms with van der Waals surface area (Å²) in [6, 6.07) is 0. The topological polar surface area (TPSA) is 380 Å². The largest absolute Gasteiger partial charge is 0.726 e. The molecule has 4 bridgehead atoms. The van der Waals surface area contributed by atoms with Gasteiger partial charge < -0.3 is 97.4 Å². The molecule has 6 fully saturated rings. The molecule has 0 aromatic heterocycles. The van der Waals surface area contributed by atoms with Gasteiger partial charge in [0.2, 0.25) is 10.4 Å². The van der Waals surface area contributed by atoms with Crippen molar-refractivity contribution in [3.8, 4) is 0 Å². The SMILES string of the molecule is COC[C@H]1OC2COC([C@H]2COC[C@@H]2OC(C)(CO)[C@@H](OSOO[O-])[C@@H](COC)C2O)[C@@H]1O.COC[C@H]1OC2COC([C@H]2COC[C@@H]2OC(C)(CO)[C@@H](OSOO[O-])[C@@H](COC)C2O)[C@@H]1OS(=O)(=O)[O-]. The van der Waals surface area contributed by atoms with Gasteiger partial charge in [-0.2, -0.15) is 0 Å². The van der Waals surface area contributed by atoms with E-state index < -0.39 is 132 Å². The highest BCUT2D eigenvalue weighted by molar-refractivity contribution is 7.89. The maximum atomic E-state index is 11.3. The fraction of sp³-hybridized carbons (Fsp3) is 1.00. The second-order valence-corrected chi connectivity index (χ2v) is 19.6. The monoisotopic (exact) mass is 1080 g/mol. The van der Waals surface area contributed by atoms with Crippen LogP contribution in [0.2, 0.25) is 0 Å². The summed E-state index contributed by atoms with van der Waals surface area (Å²) in [5.41, 5.74) is -2.60. The lowest BCUT2D eigenvalue weighted by molar-refractivity contribution is -0.778. The first-order valence-electron chi connectivity index (χ1n) is 22.0. The van der Waals surface area contributed by atoms with Gasteiger partial charge in [0.1, 0.15) is 60.0 Å². The highest BCUT2D eigenvalue weighted by atomic mass is 32.3. The number of aliphatic hydroxyl groups is 5. The first-order chi connectivity index (χ1) is 33.5. The van der Waals surface area contributed by atoms with E-state index in [1.807, 2.05) is 0 Å². The van der Waals surface area contributed by atoms with Crippen molar-refractivity contribution in [1.82, 2.24) is 0 Å². The van der Waals surface area contributed by atoms with E-state index in [1.165, 1.54) is 21.3 Å². The maximum Gasteiger partial charge on any atom is 0.218 e. The van der Waals surface area contributed by atoms with Gasteiger partial charge in [-0.25, -0.2) is 8.42 Å². The van der Waals surface area contributed by atoms with Crippen molar-refractivity contribution in [2.75, 3.05) is 108 Å². The fourth-order valence-corrected chi connectivity index (χ4v) is 11.2. The zero-order chi connectivity index (χ0) is 51.2. The zero-order valence-electron chi connectivity index (χ0n) is 39.1. The molecule has 0 radical (unpaired) electrons. The minimum Gasteiger partial charge on any atom is -0.726 e. The van der Waals surface area contributed by atoms with Crippen LogP contribution in [0.25, 0.3) is 0 Å². The molecule has 6 saturated heterocycles. The van der Waals surface area contributed by atoms with Gasteiger partial charge in [-0.3, -0.25) is 22.6 Å². The van der Waals surface area contributed by atoms with E-state index in [4.69, 9.17) is 69.4 Å². The standard InChI is InChI=1S/C19H34O16S2.C19H34O13S/c1-19(9-20)18(32-36-35-34-22)11(4-26-2)15(21)13(31-19)7-28-5-10-12-8-29-16(10)17(33-37(23,24)25)14(30-12)6-27-3;1-19(9-20)18(30-33-32-31-23)11(4-24-2)15(21)14(29-19)7-26-5-10-12-8-27-17(10)16(22)13(28-12)6-25-3/h10-18,20-22H,4-9H2,1-3H3,(H,23,24,25);10-18,20-23H,4-9H2,1-3H3/p-3/t10-,11-,12?,13-,14+,15?,16?,17+,18-,19?;10-,11-,12?,13+,14-,15?,16+,17?,18-,19?/m00/s1. The number of hydrogen-bond donors (Lipinski definition) is 5. The summed E-state index contributed by atoms with van der Waals surface area (Å²) in [7, 11) is 0.771. The quantitative estimate of drug-likeness (QED) is 0.0122. The fourth-order valence-electron chi connectivity index (χ4n) is 9.77. The van der Waals surface area contributed by atoms with Crippen LogP contribution in [0.15, 0.2) is 0 Å². The Labute approximate surface area is 413 Å². The van der Waals surface area contributed by atoms with Crippen LogP contribution in [-0.4, -0.2) is 243 Å². The van der Waals surface area contributed by atoms with Gasteiger partial charge in [0, 0.05) is 52.1 Å². The molecular weight excluding hydrogens is 1020 g/mol. The van der Waals surface area contributed by atoms with Gasteiger partial charge in [0.25, 0.3) is 0 Å². The molecule has 32 heteroatoms. The molecule has 0 spiro atoms. The molecule has 0 amide bonds. The Morgan fingerprint density at radius 2 is 1.01 bits per heavy atom. The molecule has 0 aromatic carbocycles. The highest BCUT2D eigenvalue weighted by Gasteiger charge is 2.57. The number of fused-ring (bicyclic) bond motifs is 4.